The summed E-state index contributed by atoms with van der Waals surface area (Å²) in [5, 5.41) is 6.18. The second-order valence-corrected chi connectivity index (χ2v) is 8.09. The molecule has 6 heteroatoms. The highest BCUT2D eigenvalue weighted by Crippen LogP contribution is 2.22. The Labute approximate surface area is 169 Å². The summed E-state index contributed by atoms with van der Waals surface area (Å²) in [4.78, 5) is 17.1. The number of likely N-dealkylation sites (tertiary alicyclic amines) is 1. The van der Waals surface area contributed by atoms with Crippen molar-refractivity contribution in [1.29, 1.82) is 0 Å². The number of nitrogens with zero attached hydrogens (tertiary/aromatic N) is 2. The van der Waals surface area contributed by atoms with Crippen molar-refractivity contribution < 1.29 is 9.53 Å². The normalized spacial score (nSPS) is 21.4. The number of methoxy groups -OCH3 is 1. The SMILES string of the molecule is COc1ccc(N2CCC(NC(=O)NCCCN3CCCCC3C)CC2)cc1. The Morgan fingerprint density at radius 2 is 1.86 bits per heavy atom. The molecule has 1 aromatic rings. The average Bonchev–Trinajstić information content (AvgIpc) is 2.73. The number of anilines is 1. The Bertz CT molecular complexity index is 599. The van der Waals surface area contributed by atoms with Crippen LogP contribution in [0.2, 0.25) is 0 Å². The van der Waals surface area contributed by atoms with Gasteiger partial charge in [0.25, 0.3) is 0 Å². The van der Waals surface area contributed by atoms with Crippen molar-refractivity contribution in [1.82, 2.24) is 15.5 Å². The van der Waals surface area contributed by atoms with Gasteiger partial charge in [0.15, 0.2) is 0 Å². The molecule has 156 valence electrons. The minimum atomic E-state index is -0.0189. The van der Waals surface area contributed by atoms with Crippen LogP contribution in [0, 0.1) is 0 Å². The van der Waals surface area contributed by atoms with Crippen LogP contribution < -0.4 is 20.3 Å². The minimum absolute atomic E-state index is 0.0189. The maximum absolute atomic E-state index is 12.2. The monoisotopic (exact) mass is 388 g/mol. The van der Waals surface area contributed by atoms with Crippen LogP contribution in [0.1, 0.15) is 45.4 Å². The van der Waals surface area contributed by atoms with Gasteiger partial charge in [-0.3, -0.25) is 0 Å². The van der Waals surface area contributed by atoms with Gasteiger partial charge in [-0.25, -0.2) is 4.79 Å². The molecule has 2 saturated heterocycles. The first kappa shape index (κ1) is 20.8. The van der Waals surface area contributed by atoms with E-state index in [-0.39, 0.29) is 12.1 Å². The van der Waals surface area contributed by atoms with Gasteiger partial charge in [-0.05, 0) is 69.8 Å². The third-order valence-electron chi connectivity index (χ3n) is 6.12. The van der Waals surface area contributed by atoms with Crippen LogP contribution in [0.4, 0.5) is 10.5 Å². The van der Waals surface area contributed by atoms with Crippen molar-refractivity contribution >= 4 is 11.7 Å². The van der Waals surface area contributed by atoms with E-state index in [0.29, 0.717) is 6.04 Å². The highest BCUT2D eigenvalue weighted by molar-refractivity contribution is 5.74. The number of ether oxygens (including phenoxy) is 1. The number of carbonyl (C=O) groups is 1. The van der Waals surface area contributed by atoms with Crippen LogP contribution >= 0.6 is 0 Å². The summed E-state index contributed by atoms with van der Waals surface area (Å²) in [6.45, 7) is 7.29. The molecule has 6 nitrogen and oxygen atoms in total. The average molecular weight is 389 g/mol. The number of amides is 2. The molecule has 0 bridgehead atoms. The summed E-state index contributed by atoms with van der Waals surface area (Å²) >= 11 is 0. The molecular formula is C22H36N4O2. The first-order valence-corrected chi connectivity index (χ1v) is 10.8. The summed E-state index contributed by atoms with van der Waals surface area (Å²) in [5.74, 6) is 0.881. The van der Waals surface area contributed by atoms with Crippen molar-refractivity contribution in [3.8, 4) is 5.75 Å². The number of nitrogens with one attached hydrogen (secondary N) is 2. The van der Waals surface area contributed by atoms with Gasteiger partial charge in [-0.1, -0.05) is 6.42 Å². The minimum Gasteiger partial charge on any atom is -0.497 e. The van der Waals surface area contributed by atoms with E-state index in [2.05, 4.69) is 39.5 Å². The van der Waals surface area contributed by atoms with Gasteiger partial charge in [0, 0.05) is 44.0 Å². The number of carbonyl (C=O) groups excluding carboxylic acids is 1. The van der Waals surface area contributed by atoms with Gasteiger partial charge >= 0.3 is 6.03 Å². The zero-order chi connectivity index (χ0) is 19.8. The smallest absolute Gasteiger partial charge is 0.315 e. The molecule has 0 radical (unpaired) electrons. The number of urea groups is 1. The van der Waals surface area contributed by atoms with Crippen LogP contribution in [0.15, 0.2) is 24.3 Å². The molecule has 0 aliphatic carbocycles. The summed E-state index contributed by atoms with van der Waals surface area (Å²) in [6.07, 6.45) is 6.95. The maximum Gasteiger partial charge on any atom is 0.315 e. The number of piperidine rings is 2. The quantitative estimate of drug-likeness (QED) is 0.704. The maximum atomic E-state index is 12.2. The van der Waals surface area contributed by atoms with E-state index in [4.69, 9.17) is 4.74 Å². The Kier molecular flexibility index (Phi) is 7.83. The van der Waals surface area contributed by atoms with Crippen molar-refractivity contribution in [3.63, 3.8) is 0 Å². The van der Waals surface area contributed by atoms with E-state index < -0.39 is 0 Å². The highest BCUT2D eigenvalue weighted by atomic mass is 16.5. The van der Waals surface area contributed by atoms with E-state index in [1.54, 1.807) is 7.11 Å². The summed E-state index contributed by atoms with van der Waals surface area (Å²) in [5.41, 5.74) is 1.22. The molecule has 2 aliphatic heterocycles. The van der Waals surface area contributed by atoms with Crippen molar-refractivity contribution in [2.45, 2.75) is 57.5 Å². The lowest BCUT2D eigenvalue weighted by Gasteiger charge is -2.34. The van der Waals surface area contributed by atoms with Crippen LogP contribution in [-0.4, -0.2) is 62.8 Å². The van der Waals surface area contributed by atoms with Crippen molar-refractivity contribution in [3.05, 3.63) is 24.3 Å². The molecule has 2 amide bonds. The van der Waals surface area contributed by atoms with Gasteiger partial charge in [0.1, 0.15) is 5.75 Å². The van der Waals surface area contributed by atoms with Gasteiger partial charge in [-0.15, -0.1) is 0 Å². The Balaban J connectivity index is 1.30. The van der Waals surface area contributed by atoms with E-state index in [1.165, 1.54) is 31.5 Å². The molecule has 2 aliphatic rings. The number of hydrogen-bond donors (Lipinski definition) is 2. The molecule has 28 heavy (non-hydrogen) atoms. The summed E-state index contributed by atoms with van der Waals surface area (Å²) in [7, 11) is 1.69. The Morgan fingerprint density at radius 1 is 1.11 bits per heavy atom. The molecule has 0 aromatic heterocycles. The third-order valence-corrected chi connectivity index (χ3v) is 6.12. The fourth-order valence-electron chi connectivity index (χ4n) is 4.29. The van der Waals surface area contributed by atoms with Gasteiger partial charge in [0.05, 0.1) is 7.11 Å². The predicted molar refractivity (Wildman–Crippen MR) is 114 cm³/mol. The van der Waals surface area contributed by atoms with Crippen molar-refractivity contribution in [2.75, 3.05) is 44.7 Å². The zero-order valence-electron chi connectivity index (χ0n) is 17.5. The van der Waals surface area contributed by atoms with Crippen LogP contribution in [-0.2, 0) is 0 Å². The van der Waals surface area contributed by atoms with Gasteiger partial charge in [-0.2, -0.15) is 0 Å². The van der Waals surface area contributed by atoms with Crippen LogP contribution in [0.5, 0.6) is 5.75 Å². The first-order chi connectivity index (χ1) is 13.7. The fraction of sp³-hybridized carbons (Fsp3) is 0.682. The largest absolute Gasteiger partial charge is 0.497 e. The molecule has 1 atom stereocenters. The lowest BCUT2D eigenvalue weighted by Crippen LogP contribution is -2.48. The van der Waals surface area contributed by atoms with E-state index >= 15 is 0 Å². The molecule has 2 fully saturated rings. The predicted octanol–water partition coefficient (Wildman–Crippen LogP) is 3.23. The number of hydrogen-bond acceptors (Lipinski definition) is 4. The zero-order valence-corrected chi connectivity index (χ0v) is 17.5. The molecule has 1 aromatic carbocycles. The van der Waals surface area contributed by atoms with Crippen LogP contribution in [0.3, 0.4) is 0 Å². The van der Waals surface area contributed by atoms with Gasteiger partial charge in [0.2, 0.25) is 0 Å². The molecular weight excluding hydrogens is 352 g/mol. The second-order valence-electron chi connectivity index (χ2n) is 8.09. The van der Waals surface area contributed by atoms with E-state index in [1.807, 2.05) is 12.1 Å². The molecule has 0 spiro atoms. The lowest BCUT2D eigenvalue weighted by atomic mass is 10.0. The Hall–Kier alpha value is -1.95. The van der Waals surface area contributed by atoms with E-state index in [0.717, 1.165) is 51.2 Å². The van der Waals surface area contributed by atoms with E-state index in [9.17, 15) is 4.79 Å². The lowest BCUT2D eigenvalue weighted by molar-refractivity contribution is 0.159. The fourth-order valence-corrected chi connectivity index (χ4v) is 4.29. The highest BCUT2D eigenvalue weighted by Gasteiger charge is 2.21. The van der Waals surface area contributed by atoms with Crippen molar-refractivity contribution in [2.24, 2.45) is 0 Å². The second kappa shape index (κ2) is 10.6. The molecule has 3 rings (SSSR count). The molecule has 2 N–H and O–H groups in total. The Morgan fingerprint density at radius 3 is 2.54 bits per heavy atom. The molecule has 2 heterocycles. The summed E-state index contributed by atoms with van der Waals surface area (Å²) < 4.78 is 5.22. The number of benzene rings is 1. The first-order valence-electron chi connectivity index (χ1n) is 10.8. The van der Waals surface area contributed by atoms with Gasteiger partial charge < -0.3 is 25.2 Å². The molecule has 1 unspecified atom stereocenters. The summed E-state index contributed by atoms with van der Waals surface area (Å²) in [6, 6.07) is 9.13. The number of rotatable bonds is 7. The standard InChI is InChI=1S/C22H36N4O2/c1-18-6-3-4-14-25(18)15-5-13-23-22(27)24-19-11-16-26(17-12-19)20-7-9-21(28-2)10-8-20/h7-10,18-19H,3-6,11-17H2,1-2H3,(H2,23,24,27). The topological polar surface area (TPSA) is 56.8 Å². The molecule has 0 saturated carbocycles. The van der Waals surface area contributed by atoms with Crippen LogP contribution in [0.25, 0.3) is 0 Å². The third kappa shape index (κ3) is 6.03.